The number of pyridine rings is 1. The van der Waals surface area contributed by atoms with Gasteiger partial charge in [0.2, 0.25) is 0 Å². The Morgan fingerprint density at radius 3 is 1.91 bits per heavy atom. The zero-order valence-corrected chi connectivity index (χ0v) is 16.7. The molecule has 0 fully saturated rings. The summed E-state index contributed by atoms with van der Waals surface area (Å²) in [6.07, 6.45) is -13.5. The van der Waals surface area contributed by atoms with Gasteiger partial charge >= 0.3 is 18.5 Å². The van der Waals surface area contributed by atoms with E-state index in [2.05, 4.69) is 10.3 Å². The molecule has 3 aromatic rings. The van der Waals surface area contributed by atoms with E-state index in [-0.39, 0.29) is 5.56 Å². The summed E-state index contributed by atoms with van der Waals surface area (Å²) in [5.74, 6) is -1.19. The minimum Gasteiger partial charge on any atom is -0.340 e. The Labute approximate surface area is 186 Å². The second-order valence-electron chi connectivity index (χ2n) is 7.04. The highest BCUT2D eigenvalue weighted by Crippen LogP contribution is 2.37. The van der Waals surface area contributed by atoms with E-state index >= 15 is 0 Å². The number of rotatable bonds is 4. The molecule has 2 aromatic carbocycles. The summed E-state index contributed by atoms with van der Waals surface area (Å²) in [6.45, 7) is 0. The van der Waals surface area contributed by atoms with Crippen molar-refractivity contribution in [2.45, 2.75) is 24.6 Å². The Hall–Kier alpha value is -3.57. The number of amides is 1. The number of benzene rings is 2. The van der Waals surface area contributed by atoms with Crippen molar-refractivity contribution in [1.29, 1.82) is 0 Å². The van der Waals surface area contributed by atoms with Crippen molar-refractivity contribution in [3.05, 3.63) is 100 Å². The summed E-state index contributed by atoms with van der Waals surface area (Å²) in [6, 6.07) is 5.99. The third-order valence-corrected chi connectivity index (χ3v) is 4.72. The zero-order valence-electron chi connectivity index (χ0n) is 16.7. The van der Waals surface area contributed by atoms with Crippen LogP contribution in [0.4, 0.5) is 39.5 Å². The first-order valence-electron chi connectivity index (χ1n) is 9.35. The number of halogens is 9. The number of aromatic nitrogens is 1. The van der Waals surface area contributed by atoms with Crippen LogP contribution < -0.4 is 5.32 Å². The molecule has 1 amide bonds. The Morgan fingerprint density at radius 1 is 0.735 bits per heavy atom. The standard InChI is InChI=1S/C22H13F9N2O/c23-20(24,25)14-8-6-12(7-9-14)17(18-16(22(29,30)31)5-2-10-32-18)33-19(34)13-3-1-4-15(11-13)21(26,27)28/h1-11,17H,(H,33,34)/t17-/m0/s1. The fraction of sp³-hybridized carbons (Fsp3) is 0.182. The maximum Gasteiger partial charge on any atom is 0.418 e. The molecule has 0 spiro atoms. The van der Waals surface area contributed by atoms with Gasteiger partial charge in [-0.2, -0.15) is 39.5 Å². The average Bonchev–Trinajstić information content (AvgIpc) is 2.76. The molecule has 0 aliphatic carbocycles. The smallest absolute Gasteiger partial charge is 0.340 e. The third kappa shape index (κ3) is 5.67. The molecule has 0 aliphatic heterocycles. The van der Waals surface area contributed by atoms with Crippen LogP contribution in [0.2, 0.25) is 0 Å². The topological polar surface area (TPSA) is 42.0 Å². The van der Waals surface area contributed by atoms with Crippen LogP contribution in [0.25, 0.3) is 0 Å². The second kappa shape index (κ2) is 8.99. The molecular weight excluding hydrogens is 479 g/mol. The summed E-state index contributed by atoms with van der Waals surface area (Å²) in [4.78, 5) is 16.4. The molecule has 1 N–H and O–H groups in total. The van der Waals surface area contributed by atoms with Gasteiger partial charge in [0.25, 0.3) is 5.91 Å². The summed E-state index contributed by atoms with van der Waals surface area (Å²) < 4.78 is 118. The minimum absolute atomic E-state index is 0.197. The molecule has 0 unspecified atom stereocenters. The van der Waals surface area contributed by atoms with Crippen molar-refractivity contribution in [3.8, 4) is 0 Å². The maximum absolute atomic E-state index is 13.6. The van der Waals surface area contributed by atoms with E-state index < -0.39 is 58.4 Å². The summed E-state index contributed by atoms with van der Waals surface area (Å²) >= 11 is 0. The van der Waals surface area contributed by atoms with Gasteiger partial charge < -0.3 is 5.32 Å². The lowest BCUT2D eigenvalue weighted by molar-refractivity contribution is -0.139. The highest BCUT2D eigenvalue weighted by Gasteiger charge is 2.38. The number of nitrogens with zero attached hydrogens (tertiary/aromatic N) is 1. The van der Waals surface area contributed by atoms with Crippen LogP contribution in [0.1, 0.15) is 44.3 Å². The van der Waals surface area contributed by atoms with Crippen molar-refractivity contribution >= 4 is 5.91 Å². The van der Waals surface area contributed by atoms with Crippen LogP contribution >= 0.6 is 0 Å². The Morgan fingerprint density at radius 2 is 1.35 bits per heavy atom. The second-order valence-corrected chi connectivity index (χ2v) is 7.04. The minimum atomic E-state index is -4.94. The van der Waals surface area contributed by atoms with Gasteiger partial charge in [-0.15, -0.1) is 0 Å². The van der Waals surface area contributed by atoms with E-state index in [1.807, 2.05) is 0 Å². The van der Waals surface area contributed by atoms with Gasteiger partial charge in [0.1, 0.15) is 0 Å². The number of carbonyl (C=O) groups is 1. The first-order chi connectivity index (χ1) is 15.7. The Bertz CT molecular complexity index is 1170. The molecule has 0 saturated heterocycles. The largest absolute Gasteiger partial charge is 0.418 e. The van der Waals surface area contributed by atoms with Crippen LogP contribution in [-0.4, -0.2) is 10.9 Å². The fourth-order valence-electron chi connectivity index (χ4n) is 3.11. The number of carbonyl (C=O) groups excluding carboxylic acids is 1. The molecule has 3 rings (SSSR count). The molecule has 1 aromatic heterocycles. The van der Waals surface area contributed by atoms with Crippen LogP contribution in [0.5, 0.6) is 0 Å². The van der Waals surface area contributed by atoms with E-state index in [1.54, 1.807) is 0 Å². The third-order valence-electron chi connectivity index (χ3n) is 4.72. The van der Waals surface area contributed by atoms with Crippen molar-refractivity contribution in [2.75, 3.05) is 0 Å². The molecule has 34 heavy (non-hydrogen) atoms. The zero-order chi connectivity index (χ0) is 25.3. The summed E-state index contributed by atoms with van der Waals surface area (Å²) in [5, 5.41) is 2.17. The number of hydrogen-bond donors (Lipinski definition) is 1. The predicted molar refractivity (Wildman–Crippen MR) is 101 cm³/mol. The van der Waals surface area contributed by atoms with Gasteiger partial charge in [0.15, 0.2) is 0 Å². The van der Waals surface area contributed by atoms with Crippen LogP contribution in [0.3, 0.4) is 0 Å². The van der Waals surface area contributed by atoms with Crippen molar-refractivity contribution < 1.29 is 44.3 Å². The molecule has 0 saturated carbocycles. The van der Waals surface area contributed by atoms with Gasteiger partial charge in [-0.25, -0.2) is 0 Å². The van der Waals surface area contributed by atoms with Gasteiger partial charge in [-0.05, 0) is 48.0 Å². The molecule has 12 heteroatoms. The quantitative estimate of drug-likeness (QED) is 0.414. The highest BCUT2D eigenvalue weighted by molar-refractivity contribution is 5.94. The lowest BCUT2D eigenvalue weighted by Crippen LogP contribution is -2.32. The van der Waals surface area contributed by atoms with Crippen LogP contribution in [0, 0.1) is 0 Å². The van der Waals surface area contributed by atoms with Crippen molar-refractivity contribution in [1.82, 2.24) is 10.3 Å². The van der Waals surface area contributed by atoms with Gasteiger partial charge in [-0.1, -0.05) is 18.2 Å². The number of hydrogen-bond acceptors (Lipinski definition) is 2. The van der Waals surface area contributed by atoms with E-state index in [0.29, 0.717) is 30.3 Å². The summed E-state index contributed by atoms with van der Waals surface area (Å²) in [7, 11) is 0. The molecule has 180 valence electrons. The first-order valence-corrected chi connectivity index (χ1v) is 9.35. The number of nitrogens with one attached hydrogen (secondary N) is 1. The monoisotopic (exact) mass is 492 g/mol. The lowest BCUT2D eigenvalue weighted by Gasteiger charge is -2.23. The molecule has 1 atom stereocenters. The van der Waals surface area contributed by atoms with Gasteiger partial charge in [-0.3, -0.25) is 9.78 Å². The van der Waals surface area contributed by atoms with Gasteiger partial charge in [0, 0.05) is 11.8 Å². The molecular formula is C22H13F9N2O. The Balaban J connectivity index is 2.08. The SMILES string of the molecule is O=C(N[C@@H](c1ccc(C(F)(F)F)cc1)c1ncccc1C(F)(F)F)c1cccc(C(F)(F)F)c1. The highest BCUT2D eigenvalue weighted by atomic mass is 19.4. The van der Waals surface area contributed by atoms with Crippen molar-refractivity contribution in [2.24, 2.45) is 0 Å². The van der Waals surface area contributed by atoms with Gasteiger partial charge in [0.05, 0.1) is 28.4 Å². The Kier molecular flexibility index (Phi) is 6.63. The normalized spacial score (nSPS) is 13.4. The van der Waals surface area contributed by atoms with E-state index in [9.17, 15) is 44.3 Å². The lowest BCUT2D eigenvalue weighted by atomic mass is 9.97. The molecule has 1 heterocycles. The predicted octanol–water partition coefficient (Wildman–Crippen LogP) is 6.66. The molecule has 0 radical (unpaired) electrons. The van der Waals surface area contributed by atoms with E-state index in [0.717, 1.165) is 36.5 Å². The van der Waals surface area contributed by atoms with E-state index in [1.165, 1.54) is 0 Å². The molecule has 3 nitrogen and oxygen atoms in total. The van der Waals surface area contributed by atoms with E-state index in [4.69, 9.17) is 0 Å². The first kappa shape index (κ1) is 25.1. The van der Waals surface area contributed by atoms with Crippen molar-refractivity contribution in [3.63, 3.8) is 0 Å². The van der Waals surface area contributed by atoms with Crippen LogP contribution in [0.15, 0.2) is 66.9 Å². The summed E-state index contributed by atoms with van der Waals surface area (Å²) in [5.41, 5.74) is -4.98. The average molecular weight is 492 g/mol. The van der Waals surface area contributed by atoms with Crippen LogP contribution in [-0.2, 0) is 18.5 Å². The molecule has 0 bridgehead atoms. The fourth-order valence-corrected chi connectivity index (χ4v) is 3.11. The maximum atomic E-state index is 13.6. The number of alkyl halides is 9. The molecule has 0 aliphatic rings.